The molecule has 1 aromatic carbocycles. The number of rotatable bonds is 6. The fourth-order valence-electron chi connectivity index (χ4n) is 2.16. The normalized spacial score (nSPS) is 10.6. The van der Waals surface area contributed by atoms with Gasteiger partial charge in [0.1, 0.15) is 0 Å². The first-order chi connectivity index (χ1) is 10.2. The summed E-state index contributed by atoms with van der Waals surface area (Å²) in [6.07, 6.45) is 3.70. The monoisotopic (exact) mass is 303 g/mol. The number of aromatic nitrogens is 2. The summed E-state index contributed by atoms with van der Waals surface area (Å²) in [7, 11) is 0. The van der Waals surface area contributed by atoms with E-state index in [9.17, 15) is 4.79 Å². The summed E-state index contributed by atoms with van der Waals surface area (Å²) in [5, 5.41) is 0.848. The number of thioether (sulfide) groups is 1. The van der Waals surface area contributed by atoms with Crippen molar-refractivity contribution in [2.75, 3.05) is 18.8 Å². The predicted molar refractivity (Wildman–Crippen MR) is 87.0 cm³/mol. The second kappa shape index (κ2) is 7.31. The van der Waals surface area contributed by atoms with E-state index in [1.54, 1.807) is 6.20 Å². The highest BCUT2D eigenvalue weighted by molar-refractivity contribution is 7.99. The molecule has 4 nitrogen and oxygen atoms in total. The molecule has 21 heavy (non-hydrogen) atoms. The zero-order valence-electron chi connectivity index (χ0n) is 12.7. The van der Waals surface area contributed by atoms with Crippen LogP contribution in [0.15, 0.2) is 41.8 Å². The smallest absolute Gasteiger partial charge is 0.233 e. The van der Waals surface area contributed by atoms with Crippen molar-refractivity contribution in [3.8, 4) is 5.69 Å². The van der Waals surface area contributed by atoms with Crippen molar-refractivity contribution in [3.63, 3.8) is 0 Å². The highest BCUT2D eigenvalue weighted by atomic mass is 32.2. The average molecular weight is 303 g/mol. The molecule has 0 unspecified atom stereocenters. The van der Waals surface area contributed by atoms with Gasteiger partial charge in [0.2, 0.25) is 5.91 Å². The highest BCUT2D eigenvalue weighted by Crippen LogP contribution is 2.21. The Morgan fingerprint density at radius 2 is 2.10 bits per heavy atom. The molecule has 0 spiro atoms. The van der Waals surface area contributed by atoms with Crippen LogP contribution < -0.4 is 0 Å². The maximum absolute atomic E-state index is 12.1. The van der Waals surface area contributed by atoms with Gasteiger partial charge in [0.15, 0.2) is 5.16 Å². The molecule has 5 heteroatoms. The van der Waals surface area contributed by atoms with Gasteiger partial charge in [0.25, 0.3) is 0 Å². The Labute approximate surface area is 130 Å². The lowest BCUT2D eigenvalue weighted by atomic mass is 10.2. The van der Waals surface area contributed by atoms with Crippen LogP contribution in [-0.4, -0.2) is 39.2 Å². The second-order valence-electron chi connectivity index (χ2n) is 4.77. The van der Waals surface area contributed by atoms with Gasteiger partial charge >= 0.3 is 0 Å². The van der Waals surface area contributed by atoms with Crippen LogP contribution in [0.4, 0.5) is 0 Å². The number of carbonyl (C=O) groups excluding carboxylic acids is 1. The first-order valence-electron chi connectivity index (χ1n) is 7.16. The third kappa shape index (κ3) is 3.88. The van der Waals surface area contributed by atoms with Crippen LogP contribution in [-0.2, 0) is 4.79 Å². The lowest BCUT2D eigenvalue weighted by molar-refractivity contribution is -0.127. The van der Waals surface area contributed by atoms with E-state index in [0.29, 0.717) is 5.75 Å². The Balaban J connectivity index is 2.09. The van der Waals surface area contributed by atoms with Crippen molar-refractivity contribution in [2.24, 2.45) is 0 Å². The van der Waals surface area contributed by atoms with Gasteiger partial charge in [-0.2, -0.15) is 0 Å². The van der Waals surface area contributed by atoms with Gasteiger partial charge in [-0.25, -0.2) is 4.98 Å². The number of aryl methyl sites for hydroxylation is 1. The van der Waals surface area contributed by atoms with Crippen molar-refractivity contribution in [1.82, 2.24) is 14.5 Å². The third-order valence-corrected chi connectivity index (χ3v) is 4.28. The molecule has 0 atom stereocenters. The zero-order chi connectivity index (χ0) is 15.2. The maximum Gasteiger partial charge on any atom is 0.233 e. The van der Waals surface area contributed by atoms with Crippen molar-refractivity contribution in [2.45, 2.75) is 25.9 Å². The Morgan fingerprint density at radius 3 is 2.76 bits per heavy atom. The lowest BCUT2D eigenvalue weighted by Gasteiger charge is -2.18. The summed E-state index contributed by atoms with van der Waals surface area (Å²) in [6.45, 7) is 7.57. The fourth-order valence-corrected chi connectivity index (χ4v) is 3.04. The molecule has 0 aliphatic carbocycles. The number of amides is 1. The minimum absolute atomic E-state index is 0.156. The molecule has 0 saturated carbocycles. The number of imidazole rings is 1. The van der Waals surface area contributed by atoms with Crippen molar-refractivity contribution in [1.29, 1.82) is 0 Å². The Bertz CT molecular complexity index is 605. The van der Waals surface area contributed by atoms with E-state index in [-0.39, 0.29) is 5.91 Å². The van der Waals surface area contributed by atoms with Gasteiger partial charge in [-0.1, -0.05) is 23.9 Å². The van der Waals surface area contributed by atoms with Crippen LogP contribution in [0.25, 0.3) is 5.69 Å². The van der Waals surface area contributed by atoms with Crippen LogP contribution in [0.5, 0.6) is 0 Å². The molecule has 0 N–H and O–H groups in total. The van der Waals surface area contributed by atoms with Crippen molar-refractivity contribution < 1.29 is 4.79 Å². The highest BCUT2D eigenvalue weighted by Gasteiger charge is 2.12. The molecule has 2 rings (SSSR count). The molecule has 0 fully saturated rings. The number of hydrogen-bond acceptors (Lipinski definition) is 3. The molecule has 1 aromatic heterocycles. The Kier molecular flexibility index (Phi) is 5.44. The molecule has 0 aliphatic heterocycles. The first-order valence-corrected chi connectivity index (χ1v) is 8.15. The van der Waals surface area contributed by atoms with Gasteiger partial charge in [-0.15, -0.1) is 0 Å². The topological polar surface area (TPSA) is 38.1 Å². The average Bonchev–Trinajstić information content (AvgIpc) is 2.95. The molecule has 1 heterocycles. The van der Waals surface area contributed by atoms with Crippen LogP contribution in [0.3, 0.4) is 0 Å². The fraction of sp³-hybridized carbons (Fsp3) is 0.375. The van der Waals surface area contributed by atoms with Gasteiger partial charge in [0.05, 0.1) is 5.75 Å². The minimum Gasteiger partial charge on any atom is -0.343 e. The summed E-state index contributed by atoms with van der Waals surface area (Å²) in [4.78, 5) is 18.3. The Hall–Kier alpha value is -1.75. The van der Waals surface area contributed by atoms with Crippen LogP contribution in [0, 0.1) is 6.92 Å². The molecule has 1 amide bonds. The second-order valence-corrected chi connectivity index (χ2v) is 5.72. The number of nitrogens with zero attached hydrogens (tertiary/aromatic N) is 3. The summed E-state index contributed by atoms with van der Waals surface area (Å²) < 4.78 is 2.02. The van der Waals surface area contributed by atoms with Crippen molar-refractivity contribution in [3.05, 3.63) is 42.2 Å². The first kappa shape index (κ1) is 15.6. The molecule has 0 bridgehead atoms. The molecule has 0 radical (unpaired) electrons. The van der Waals surface area contributed by atoms with Crippen molar-refractivity contribution >= 4 is 17.7 Å². The van der Waals surface area contributed by atoms with Crippen LogP contribution in [0.1, 0.15) is 19.4 Å². The minimum atomic E-state index is 0.156. The number of benzene rings is 1. The molecule has 0 saturated heterocycles. The summed E-state index contributed by atoms with van der Waals surface area (Å²) in [6, 6.07) is 8.25. The van der Waals surface area contributed by atoms with Crippen LogP contribution in [0.2, 0.25) is 0 Å². The van der Waals surface area contributed by atoms with E-state index in [2.05, 4.69) is 24.0 Å². The van der Waals surface area contributed by atoms with E-state index in [1.165, 1.54) is 17.3 Å². The predicted octanol–water partition coefficient (Wildman–Crippen LogP) is 3.14. The quantitative estimate of drug-likeness (QED) is 0.770. The number of carbonyl (C=O) groups is 1. The van der Waals surface area contributed by atoms with E-state index in [1.807, 2.05) is 41.6 Å². The molecule has 0 aliphatic rings. The van der Waals surface area contributed by atoms with Crippen LogP contribution >= 0.6 is 11.8 Å². The number of hydrogen-bond donors (Lipinski definition) is 0. The largest absolute Gasteiger partial charge is 0.343 e. The van der Waals surface area contributed by atoms with Gasteiger partial charge in [0, 0.05) is 31.2 Å². The van der Waals surface area contributed by atoms with E-state index in [4.69, 9.17) is 0 Å². The summed E-state index contributed by atoms with van der Waals surface area (Å²) >= 11 is 1.48. The molecular formula is C16H21N3OS. The molecular weight excluding hydrogens is 282 g/mol. The SMILES string of the molecule is CCN(CC)C(=O)CSc1nccn1-c1cccc(C)c1. The van der Waals surface area contributed by atoms with Gasteiger partial charge < -0.3 is 4.90 Å². The third-order valence-electron chi connectivity index (χ3n) is 3.33. The molecule has 112 valence electrons. The zero-order valence-corrected chi connectivity index (χ0v) is 13.6. The standard InChI is InChI=1S/C16H21N3OS/c1-4-18(5-2)15(20)12-21-16-17-9-10-19(16)14-8-6-7-13(3)11-14/h6-11H,4-5,12H2,1-3H3. The van der Waals surface area contributed by atoms with Gasteiger partial charge in [-0.3, -0.25) is 9.36 Å². The molecule has 2 aromatic rings. The van der Waals surface area contributed by atoms with E-state index < -0.39 is 0 Å². The Morgan fingerprint density at radius 1 is 1.33 bits per heavy atom. The van der Waals surface area contributed by atoms with E-state index in [0.717, 1.165) is 23.9 Å². The van der Waals surface area contributed by atoms with E-state index >= 15 is 0 Å². The summed E-state index contributed by atoms with van der Waals surface area (Å²) in [5.41, 5.74) is 2.28. The maximum atomic E-state index is 12.1. The lowest BCUT2D eigenvalue weighted by Crippen LogP contribution is -2.31. The van der Waals surface area contributed by atoms with Gasteiger partial charge in [-0.05, 0) is 38.5 Å². The summed E-state index contributed by atoms with van der Waals surface area (Å²) in [5.74, 6) is 0.577.